The number of rotatable bonds is 6. The molecule has 0 atom stereocenters. The van der Waals surface area contributed by atoms with Gasteiger partial charge in [0.05, 0.1) is 16.7 Å². The van der Waals surface area contributed by atoms with Crippen molar-refractivity contribution in [3.8, 4) is 5.75 Å². The van der Waals surface area contributed by atoms with Crippen LogP contribution in [0.25, 0.3) is 16.3 Å². The second-order valence-corrected chi connectivity index (χ2v) is 7.41. The second kappa shape index (κ2) is 8.83. The molecular formula is C21H21N3O4S. The monoisotopic (exact) mass is 411 g/mol. The zero-order chi connectivity index (χ0) is 21.0. The number of fused-ring (bicyclic) bond motifs is 1. The number of hydrogen-bond acceptors (Lipinski definition) is 5. The molecule has 0 aliphatic carbocycles. The van der Waals surface area contributed by atoms with Gasteiger partial charge in [0, 0.05) is 24.8 Å². The average molecular weight is 411 g/mol. The van der Waals surface area contributed by atoms with Crippen LogP contribution in [-0.2, 0) is 11.3 Å². The Morgan fingerprint density at radius 2 is 2.14 bits per heavy atom. The summed E-state index contributed by atoms with van der Waals surface area (Å²) in [6, 6.07) is 10.0. The number of aromatic nitrogens is 1. The molecule has 0 bridgehead atoms. The van der Waals surface area contributed by atoms with Crippen LogP contribution in [0.15, 0.2) is 47.5 Å². The highest BCUT2D eigenvalue weighted by molar-refractivity contribution is 7.16. The molecule has 8 heteroatoms. The number of methoxy groups -OCH3 is 1. The number of nitro benzene ring substituents is 1. The Labute approximate surface area is 171 Å². The Balaban J connectivity index is 2.02. The molecule has 3 aromatic rings. The summed E-state index contributed by atoms with van der Waals surface area (Å²) in [6.45, 7) is 4.79. The minimum Gasteiger partial charge on any atom is -0.495 e. The van der Waals surface area contributed by atoms with Crippen LogP contribution in [0.5, 0.6) is 5.75 Å². The zero-order valence-corrected chi connectivity index (χ0v) is 17.2. The number of ether oxygens (including phenoxy) is 1. The van der Waals surface area contributed by atoms with Crippen molar-refractivity contribution >= 4 is 39.2 Å². The van der Waals surface area contributed by atoms with Gasteiger partial charge in [0.2, 0.25) is 0 Å². The Morgan fingerprint density at radius 1 is 1.34 bits per heavy atom. The maximum atomic E-state index is 12.5. The Bertz CT molecular complexity index is 1170. The average Bonchev–Trinajstić information content (AvgIpc) is 3.06. The number of amides is 1. The van der Waals surface area contributed by atoms with E-state index in [0.717, 1.165) is 28.0 Å². The summed E-state index contributed by atoms with van der Waals surface area (Å²) in [5, 5.41) is 10.9. The highest BCUT2D eigenvalue weighted by atomic mass is 32.1. The van der Waals surface area contributed by atoms with Crippen molar-refractivity contribution in [3.63, 3.8) is 0 Å². The summed E-state index contributed by atoms with van der Waals surface area (Å²) >= 11 is 1.45. The number of carbonyl (C=O) groups is 1. The van der Waals surface area contributed by atoms with E-state index in [2.05, 4.69) is 11.9 Å². The van der Waals surface area contributed by atoms with Gasteiger partial charge in [-0.05, 0) is 36.6 Å². The summed E-state index contributed by atoms with van der Waals surface area (Å²) in [5.74, 6) is 0.320. The fraction of sp³-hybridized carbons (Fsp3) is 0.238. The number of nitro groups is 1. The van der Waals surface area contributed by atoms with Crippen LogP contribution >= 0.6 is 11.3 Å². The van der Waals surface area contributed by atoms with Crippen LogP contribution in [0.2, 0.25) is 0 Å². The molecule has 0 aliphatic rings. The summed E-state index contributed by atoms with van der Waals surface area (Å²) in [5.41, 5.74) is 2.58. The molecule has 3 rings (SSSR count). The minimum atomic E-state index is -0.468. The van der Waals surface area contributed by atoms with Crippen molar-refractivity contribution in [1.29, 1.82) is 0 Å². The normalized spacial score (nSPS) is 12.0. The van der Waals surface area contributed by atoms with E-state index in [1.54, 1.807) is 19.2 Å². The van der Waals surface area contributed by atoms with E-state index in [9.17, 15) is 14.9 Å². The van der Waals surface area contributed by atoms with Crippen molar-refractivity contribution in [2.75, 3.05) is 7.11 Å². The maximum Gasteiger partial charge on any atom is 0.272 e. The van der Waals surface area contributed by atoms with Crippen molar-refractivity contribution in [2.24, 2.45) is 4.99 Å². The van der Waals surface area contributed by atoms with Crippen LogP contribution in [0, 0.1) is 17.0 Å². The van der Waals surface area contributed by atoms with E-state index in [1.165, 1.54) is 35.6 Å². The van der Waals surface area contributed by atoms with E-state index < -0.39 is 10.8 Å². The number of thiazole rings is 1. The first-order valence-corrected chi connectivity index (χ1v) is 9.94. The molecule has 0 spiro atoms. The fourth-order valence-electron chi connectivity index (χ4n) is 3.00. The second-order valence-electron chi connectivity index (χ2n) is 6.43. The first kappa shape index (κ1) is 20.5. The molecule has 7 nitrogen and oxygen atoms in total. The third-order valence-corrected chi connectivity index (χ3v) is 5.57. The van der Waals surface area contributed by atoms with Gasteiger partial charge in [-0.15, -0.1) is 0 Å². The molecule has 0 saturated carbocycles. The lowest BCUT2D eigenvalue weighted by Crippen LogP contribution is -2.16. The van der Waals surface area contributed by atoms with E-state index >= 15 is 0 Å². The summed E-state index contributed by atoms with van der Waals surface area (Å²) in [6.07, 6.45) is 3.74. The first-order chi connectivity index (χ1) is 13.9. The van der Waals surface area contributed by atoms with Gasteiger partial charge in [0.1, 0.15) is 11.3 Å². The molecule has 0 unspecified atom stereocenters. The van der Waals surface area contributed by atoms with Crippen molar-refractivity contribution < 1.29 is 14.5 Å². The molecule has 29 heavy (non-hydrogen) atoms. The number of benzene rings is 2. The van der Waals surface area contributed by atoms with Gasteiger partial charge in [-0.25, -0.2) is 0 Å². The molecule has 150 valence electrons. The topological polar surface area (TPSA) is 86.7 Å². The van der Waals surface area contributed by atoms with Crippen molar-refractivity contribution in [3.05, 3.63) is 68.5 Å². The molecule has 2 aromatic carbocycles. The molecule has 1 aromatic heterocycles. The number of aryl methyl sites for hydroxylation is 2. The molecule has 0 radical (unpaired) electrons. The van der Waals surface area contributed by atoms with Gasteiger partial charge < -0.3 is 9.30 Å². The number of non-ortho nitro benzene ring substituents is 1. The van der Waals surface area contributed by atoms with Gasteiger partial charge >= 0.3 is 0 Å². The predicted molar refractivity (Wildman–Crippen MR) is 114 cm³/mol. The highest BCUT2D eigenvalue weighted by Gasteiger charge is 2.13. The van der Waals surface area contributed by atoms with Gasteiger partial charge in [-0.1, -0.05) is 36.5 Å². The van der Waals surface area contributed by atoms with Gasteiger partial charge in [-0.2, -0.15) is 4.99 Å². The Morgan fingerprint density at radius 3 is 2.83 bits per heavy atom. The number of carbonyl (C=O) groups excluding carboxylic acids is 1. The molecule has 1 heterocycles. The SMILES string of the molecule is CCCn1c(=NC(=O)/C=C/c2cccc([N+](=O)[O-])c2)sc2c(C)ccc(OC)c21. The van der Waals surface area contributed by atoms with Crippen LogP contribution in [0.4, 0.5) is 5.69 Å². The van der Waals surface area contributed by atoms with Crippen LogP contribution in [0.1, 0.15) is 24.5 Å². The molecule has 0 fully saturated rings. The standard InChI is InChI=1S/C21H21N3O4S/c1-4-12-23-19-17(28-3)10-8-14(2)20(19)29-21(23)22-18(25)11-9-15-6-5-7-16(13-15)24(26)27/h5-11,13H,4,12H2,1-3H3/b11-9+,22-21?. The summed E-state index contributed by atoms with van der Waals surface area (Å²) in [4.78, 5) is 27.7. The minimum absolute atomic E-state index is 0.0237. The lowest BCUT2D eigenvalue weighted by molar-refractivity contribution is -0.384. The Hall–Kier alpha value is -3.26. The number of nitrogens with zero attached hydrogens (tertiary/aromatic N) is 3. The van der Waals surface area contributed by atoms with E-state index in [1.807, 2.05) is 23.6 Å². The van der Waals surface area contributed by atoms with Gasteiger partial charge in [0.15, 0.2) is 4.80 Å². The van der Waals surface area contributed by atoms with Crippen molar-refractivity contribution in [1.82, 2.24) is 4.57 Å². The summed E-state index contributed by atoms with van der Waals surface area (Å²) < 4.78 is 8.55. The largest absolute Gasteiger partial charge is 0.495 e. The van der Waals surface area contributed by atoms with Crippen LogP contribution in [-0.4, -0.2) is 22.5 Å². The van der Waals surface area contributed by atoms with E-state index in [-0.39, 0.29) is 5.69 Å². The van der Waals surface area contributed by atoms with Crippen molar-refractivity contribution in [2.45, 2.75) is 26.8 Å². The lowest BCUT2D eigenvalue weighted by Gasteiger charge is -2.08. The Kier molecular flexibility index (Phi) is 6.23. The zero-order valence-electron chi connectivity index (χ0n) is 16.4. The first-order valence-electron chi connectivity index (χ1n) is 9.12. The lowest BCUT2D eigenvalue weighted by atomic mass is 10.2. The highest BCUT2D eigenvalue weighted by Crippen LogP contribution is 2.30. The molecular weight excluding hydrogens is 390 g/mol. The van der Waals surface area contributed by atoms with Crippen LogP contribution in [0.3, 0.4) is 0 Å². The number of hydrogen-bond donors (Lipinski definition) is 0. The van der Waals surface area contributed by atoms with E-state index in [0.29, 0.717) is 16.9 Å². The quantitative estimate of drug-likeness (QED) is 0.340. The summed E-state index contributed by atoms with van der Waals surface area (Å²) in [7, 11) is 1.63. The third kappa shape index (κ3) is 4.43. The molecule has 0 aliphatic heterocycles. The smallest absolute Gasteiger partial charge is 0.272 e. The fourth-order valence-corrected chi connectivity index (χ4v) is 4.15. The molecule has 0 saturated heterocycles. The predicted octanol–water partition coefficient (Wildman–Crippen LogP) is 4.48. The maximum absolute atomic E-state index is 12.5. The van der Waals surface area contributed by atoms with E-state index in [4.69, 9.17) is 4.74 Å². The third-order valence-electron chi connectivity index (χ3n) is 4.36. The molecule has 1 amide bonds. The van der Waals surface area contributed by atoms with Gasteiger partial charge in [0.25, 0.3) is 11.6 Å². The van der Waals surface area contributed by atoms with Crippen LogP contribution < -0.4 is 9.54 Å². The molecule has 0 N–H and O–H groups in total. The van der Waals surface area contributed by atoms with Gasteiger partial charge in [-0.3, -0.25) is 14.9 Å².